The molecule has 1 N–H and O–H groups in total. The highest BCUT2D eigenvalue weighted by Gasteiger charge is 2.43. The van der Waals surface area contributed by atoms with E-state index in [-0.39, 0.29) is 11.3 Å². The lowest BCUT2D eigenvalue weighted by Crippen LogP contribution is -2.39. The van der Waals surface area contributed by atoms with Gasteiger partial charge in [-0.05, 0) is 37.0 Å². The van der Waals surface area contributed by atoms with Gasteiger partial charge in [-0.15, -0.1) is 13.2 Å². The van der Waals surface area contributed by atoms with E-state index in [0.717, 1.165) is 18.6 Å². The van der Waals surface area contributed by atoms with Crippen LogP contribution in [-0.4, -0.2) is 23.4 Å². The van der Waals surface area contributed by atoms with Crippen LogP contribution in [0.2, 0.25) is 0 Å². The van der Waals surface area contributed by atoms with Crippen LogP contribution >= 0.6 is 0 Å². The lowest BCUT2D eigenvalue weighted by Gasteiger charge is -2.41. The number of carbonyl (C=O) groups excluding carboxylic acids is 1. The highest BCUT2D eigenvalue weighted by Crippen LogP contribution is 2.45. The van der Waals surface area contributed by atoms with Crippen molar-refractivity contribution >= 4 is 11.9 Å². The van der Waals surface area contributed by atoms with Gasteiger partial charge in [-0.1, -0.05) is 18.7 Å². The predicted molar refractivity (Wildman–Crippen MR) is 76.1 cm³/mol. The van der Waals surface area contributed by atoms with Crippen molar-refractivity contribution in [2.24, 2.45) is 0 Å². The molecule has 1 aromatic carbocycles. The third-order valence-electron chi connectivity index (χ3n) is 3.74. The van der Waals surface area contributed by atoms with Crippen LogP contribution in [0.25, 0.3) is 0 Å². The predicted octanol–water partition coefficient (Wildman–Crippen LogP) is 3.54. The number of aliphatic carboxylic acids is 1. The summed E-state index contributed by atoms with van der Waals surface area (Å²) in [6.45, 7) is 3.26. The molecule has 0 amide bonds. The van der Waals surface area contributed by atoms with Gasteiger partial charge in [0.2, 0.25) is 0 Å². The molecule has 5 nitrogen and oxygen atoms in total. The van der Waals surface area contributed by atoms with Gasteiger partial charge >= 0.3 is 18.3 Å². The maximum atomic E-state index is 12.2. The van der Waals surface area contributed by atoms with Gasteiger partial charge in [-0.3, -0.25) is 4.79 Å². The van der Waals surface area contributed by atoms with Crippen molar-refractivity contribution in [2.45, 2.75) is 37.6 Å². The summed E-state index contributed by atoms with van der Waals surface area (Å²) in [5.74, 6) is -2.40. The molecule has 0 aliphatic heterocycles. The second kappa shape index (κ2) is 6.54. The minimum absolute atomic E-state index is 0.289. The van der Waals surface area contributed by atoms with E-state index in [1.807, 2.05) is 0 Å². The molecule has 0 unspecified atom stereocenters. The Morgan fingerprint density at radius 2 is 1.79 bits per heavy atom. The molecule has 0 radical (unpaired) electrons. The topological polar surface area (TPSA) is 72.8 Å². The van der Waals surface area contributed by atoms with E-state index in [9.17, 15) is 22.8 Å². The summed E-state index contributed by atoms with van der Waals surface area (Å²) in [5.41, 5.74) is -0.687. The molecular weight excluding hydrogens is 329 g/mol. The lowest BCUT2D eigenvalue weighted by atomic mass is 9.75. The summed E-state index contributed by atoms with van der Waals surface area (Å²) >= 11 is 0. The summed E-state index contributed by atoms with van der Waals surface area (Å²) in [6, 6.07) is 5.10. The van der Waals surface area contributed by atoms with Crippen molar-refractivity contribution in [3.8, 4) is 5.75 Å². The molecule has 1 aromatic rings. The van der Waals surface area contributed by atoms with Gasteiger partial charge in [-0.2, -0.15) is 0 Å². The normalized spacial score (nSPS) is 16.0. The first kappa shape index (κ1) is 17.8. The Morgan fingerprint density at radius 3 is 2.21 bits per heavy atom. The summed E-state index contributed by atoms with van der Waals surface area (Å²) in [5, 5.41) is 8.73. The number of hydrogen-bond donors (Lipinski definition) is 1. The van der Waals surface area contributed by atoms with Gasteiger partial charge < -0.3 is 14.6 Å². The quantitative estimate of drug-likeness (QED) is 0.631. The van der Waals surface area contributed by atoms with Crippen molar-refractivity contribution in [3.05, 3.63) is 42.0 Å². The molecule has 0 spiro atoms. The third kappa shape index (κ3) is 4.27. The molecule has 0 bridgehead atoms. The van der Waals surface area contributed by atoms with Gasteiger partial charge in [0.25, 0.3) is 0 Å². The first-order chi connectivity index (χ1) is 11.1. The number of benzene rings is 1. The standard InChI is InChI=1S/C16H15F3O5/c1-10(14(21)22)9-13(20)24-15(7-2-8-15)11-3-5-12(6-4-11)23-16(17,18)19/h3-6H,1-2,7-9H2,(H,21,22). The zero-order chi connectivity index (χ0) is 18.0. The molecule has 0 aromatic heterocycles. The van der Waals surface area contributed by atoms with Crippen LogP contribution in [-0.2, 0) is 19.9 Å². The largest absolute Gasteiger partial charge is 0.573 e. The van der Waals surface area contributed by atoms with Crippen LogP contribution in [0.1, 0.15) is 31.2 Å². The number of ether oxygens (including phenoxy) is 2. The fraction of sp³-hybridized carbons (Fsp3) is 0.375. The van der Waals surface area contributed by atoms with Gasteiger partial charge in [0.1, 0.15) is 11.4 Å². The lowest BCUT2D eigenvalue weighted by molar-refractivity contribution is -0.274. The Labute approximate surface area is 135 Å². The number of carboxylic acid groups (broad SMARTS) is 1. The highest BCUT2D eigenvalue weighted by atomic mass is 19.4. The molecular formula is C16H15F3O5. The molecule has 1 aliphatic carbocycles. The Hall–Kier alpha value is -2.51. The number of halogens is 3. The van der Waals surface area contributed by atoms with E-state index in [4.69, 9.17) is 9.84 Å². The molecule has 8 heteroatoms. The smallest absolute Gasteiger partial charge is 0.478 e. The maximum Gasteiger partial charge on any atom is 0.573 e. The van der Waals surface area contributed by atoms with Gasteiger partial charge in [0.05, 0.1) is 6.42 Å². The Bertz CT molecular complexity index is 645. The third-order valence-corrected chi connectivity index (χ3v) is 3.74. The van der Waals surface area contributed by atoms with Gasteiger partial charge in [-0.25, -0.2) is 4.79 Å². The Balaban J connectivity index is 2.08. The maximum absolute atomic E-state index is 12.2. The molecule has 0 saturated heterocycles. The minimum Gasteiger partial charge on any atom is -0.478 e. The van der Waals surface area contributed by atoms with Gasteiger partial charge in [0, 0.05) is 5.57 Å². The van der Waals surface area contributed by atoms with Crippen molar-refractivity contribution in [2.75, 3.05) is 0 Å². The Kier molecular flexibility index (Phi) is 4.86. The number of carbonyl (C=O) groups is 2. The van der Waals surface area contributed by atoms with E-state index >= 15 is 0 Å². The van der Waals surface area contributed by atoms with Crippen molar-refractivity contribution in [3.63, 3.8) is 0 Å². The van der Waals surface area contributed by atoms with Crippen molar-refractivity contribution in [1.82, 2.24) is 0 Å². The zero-order valence-corrected chi connectivity index (χ0v) is 12.6. The van der Waals surface area contributed by atoms with Crippen LogP contribution in [0.5, 0.6) is 5.75 Å². The van der Waals surface area contributed by atoms with Crippen LogP contribution in [0.4, 0.5) is 13.2 Å². The summed E-state index contributed by atoms with van der Waals surface area (Å²) < 4.78 is 45.7. The molecule has 0 atom stereocenters. The number of esters is 1. The fourth-order valence-corrected chi connectivity index (χ4v) is 2.41. The first-order valence-corrected chi connectivity index (χ1v) is 7.10. The van der Waals surface area contributed by atoms with Crippen LogP contribution in [0.3, 0.4) is 0 Å². The zero-order valence-electron chi connectivity index (χ0n) is 12.6. The van der Waals surface area contributed by atoms with Crippen LogP contribution in [0, 0.1) is 0 Å². The van der Waals surface area contributed by atoms with Crippen LogP contribution < -0.4 is 4.74 Å². The van der Waals surface area contributed by atoms with E-state index < -0.39 is 30.3 Å². The fourth-order valence-electron chi connectivity index (χ4n) is 2.41. The van der Waals surface area contributed by atoms with E-state index in [1.54, 1.807) is 0 Å². The summed E-state index contributed by atoms with van der Waals surface area (Å²) in [4.78, 5) is 22.6. The first-order valence-electron chi connectivity index (χ1n) is 7.10. The van der Waals surface area contributed by atoms with Crippen molar-refractivity contribution in [1.29, 1.82) is 0 Å². The second-order valence-corrected chi connectivity index (χ2v) is 5.48. The molecule has 1 saturated carbocycles. The molecule has 0 heterocycles. The summed E-state index contributed by atoms with van der Waals surface area (Å²) in [6.07, 6.45) is -3.42. The number of carboxylic acids is 1. The number of alkyl halides is 3. The van der Waals surface area contributed by atoms with Crippen LogP contribution in [0.15, 0.2) is 36.4 Å². The van der Waals surface area contributed by atoms with E-state index in [0.29, 0.717) is 18.4 Å². The van der Waals surface area contributed by atoms with E-state index in [2.05, 4.69) is 11.3 Å². The second-order valence-electron chi connectivity index (χ2n) is 5.48. The molecule has 1 fully saturated rings. The highest BCUT2D eigenvalue weighted by molar-refractivity contribution is 5.91. The Morgan fingerprint density at radius 1 is 1.21 bits per heavy atom. The average molecular weight is 344 g/mol. The molecule has 2 rings (SSSR count). The monoisotopic (exact) mass is 344 g/mol. The minimum atomic E-state index is -4.78. The number of hydrogen-bond acceptors (Lipinski definition) is 4. The molecule has 24 heavy (non-hydrogen) atoms. The summed E-state index contributed by atoms with van der Waals surface area (Å²) in [7, 11) is 0. The average Bonchev–Trinajstić information content (AvgIpc) is 2.42. The van der Waals surface area contributed by atoms with Crippen molar-refractivity contribution < 1.29 is 37.3 Å². The molecule has 130 valence electrons. The van der Waals surface area contributed by atoms with Gasteiger partial charge in [0.15, 0.2) is 0 Å². The number of rotatable bonds is 6. The SMILES string of the molecule is C=C(CC(=O)OC1(c2ccc(OC(F)(F)F)cc2)CCC1)C(=O)O. The molecule has 1 aliphatic rings. The van der Waals surface area contributed by atoms with E-state index in [1.165, 1.54) is 12.1 Å².